The maximum absolute atomic E-state index is 12.0. The Morgan fingerprint density at radius 3 is 2.74 bits per heavy atom. The molecule has 1 N–H and O–H groups in total. The van der Waals surface area contributed by atoms with Crippen molar-refractivity contribution < 1.29 is 4.79 Å². The summed E-state index contributed by atoms with van der Waals surface area (Å²) in [6, 6.07) is 9.37. The zero-order valence-electron chi connectivity index (χ0n) is 9.75. The molecule has 0 aliphatic carbocycles. The van der Waals surface area contributed by atoms with E-state index in [4.69, 9.17) is 11.6 Å². The fourth-order valence-corrected chi connectivity index (χ4v) is 3.43. The molecule has 0 aliphatic heterocycles. The monoisotopic (exact) mass is 421 g/mol. The Morgan fingerprint density at radius 1 is 1.26 bits per heavy atom. The molecule has 0 radical (unpaired) electrons. The van der Waals surface area contributed by atoms with Crippen LogP contribution in [0.4, 0.5) is 0 Å². The molecule has 0 atom stereocenters. The second-order valence-electron chi connectivity index (χ2n) is 3.84. The number of amides is 1. The van der Waals surface area contributed by atoms with E-state index in [1.54, 1.807) is 6.07 Å². The second kappa shape index (κ2) is 6.88. The van der Waals surface area contributed by atoms with E-state index in [9.17, 15) is 4.79 Å². The highest BCUT2D eigenvalue weighted by molar-refractivity contribution is 9.11. The molecule has 0 bridgehead atoms. The molecular weight excluding hydrogens is 413 g/mol. The highest BCUT2D eigenvalue weighted by atomic mass is 79.9. The van der Waals surface area contributed by atoms with Crippen LogP contribution in [0.3, 0.4) is 0 Å². The molecule has 0 unspecified atom stereocenters. The van der Waals surface area contributed by atoms with Gasteiger partial charge in [-0.15, -0.1) is 11.3 Å². The molecule has 2 nitrogen and oxygen atoms in total. The largest absolute Gasteiger partial charge is 0.352 e. The number of hydrogen-bond acceptors (Lipinski definition) is 2. The summed E-state index contributed by atoms with van der Waals surface area (Å²) < 4.78 is 2.44. The summed E-state index contributed by atoms with van der Waals surface area (Å²) in [6.07, 6.45) is 0.786. The first-order valence-corrected chi connectivity index (χ1v) is 8.32. The first kappa shape index (κ1) is 15.0. The van der Waals surface area contributed by atoms with Gasteiger partial charge in [0, 0.05) is 20.4 Å². The fraction of sp³-hybridized carbons (Fsp3) is 0.154. The Hall–Kier alpha value is -0.360. The van der Waals surface area contributed by atoms with Gasteiger partial charge in [-0.1, -0.05) is 27.5 Å². The van der Waals surface area contributed by atoms with Crippen molar-refractivity contribution in [2.24, 2.45) is 0 Å². The summed E-state index contributed by atoms with van der Waals surface area (Å²) in [5.74, 6) is -0.0872. The standard InChI is InChI=1S/C13H10Br2ClNOS/c14-8-1-3-11(15)10(7-8)13(18)17-6-5-9-2-4-12(16)19-9/h1-4,7H,5-6H2,(H,17,18). The molecule has 0 spiro atoms. The van der Waals surface area contributed by atoms with Gasteiger partial charge in [0.15, 0.2) is 0 Å². The lowest BCUT2D eigenvalue weighted by atomic mass is 10.2. The summed E-state index contributed by atoms with van der Waals surface area (Å²) in [5.41, 5.74) is 0.624. The number of carbonyl (C=O) groups excluding carboxylic acids is 1. The van der Waals surface area contributed by atoms with E-state index >= 15 is 0 Å². The van der Waals surface area contributed by atoms with Crippen molar-refractivity contribution in [1.29, 1.82) is 0 Å². The molecule has 1 amide bonds. The van der Waals surface area contributed by atoms with Gasteiger partial charge in [-0.2, -0.15) is 0 Å². The molecule has 0 aliphatic rings. The molecular formula is C13H10Br2ClNOS. The van der Waals surface area contributed by atoms with Crippen LogP contribution in [-0.4, -0.2) is 12.5 Å². The normalized spacial score (nSPS) is 10.5. The molecule has 100 valence electrons. The van der Waals surface area contributed by atoms with E-state index in [0.29, 0.717) is 12.1 Å². The minimum Gasteiger partial charge on any atom is -0.352 e. The maximum Gasteiger partial charge on any atom is 0.252 e. The van der Waals surface area contributed by atoms with Crippen LogP contribution in [0.25, 0.3) is 0 Å². The van der Waals surface area contributed by atoms with Gasteiger partial charge in [-0.25, -0.2) is 0 Å². The zero-order chi connectivity index (χ0) is 13.8. The third kappa shape index (κ3) is 4.31. The van der Waals surface area contributed by atoms with Gasteiger partial charge in [0.1, 0.15) is 0 Å². The van der Waals surface area contributed by atoms with Gasteiger partial charge in [0.25, 0.3) is 5.91 Å². The van der Waals surface area contributed by atoms with Crippen molar-refractivity contribution in [3.63, 3.8) is 0 Å². The van der Waals surface area contributed by atoms with Crippen molar-refractivity contribution in [3.05, 3.63) is 54.1 Å². The number of nitrogens with one attached hydrogen (secondary N) is 1. The van der Waals surface area contributed by atoms with E-state index in [-0.39, 0.29) is 5.91 Å². The smallest absolute Gasteiger partial charge is 0.252 e. The van der Waals surface area contributed by atoms with Crippen molar-refractivity contribution in [1.82, 2.24) is 5.32 Å². The molecule has 0 saturated heterocycles. The number of benzene rings is 1. The fourth-order valence-electron chi connectivity index (χ4n) is 1.55. The average Bonchev–Trinajstić information content (AvgIpc) is 2.78. The number of hydrogen-bond donors (Lipinski definition) is 1. The molecule has 1 aromatic heterocycles. The van der Waals surface area contributed by atoms with E-state index < -0.39 is 0 Å². The Balaban J connectivity index is 1.92. The van der Waals surface area contributed by atoms with E-state index in [1.807, 2.05) is 24.3 Å². The first-order chi connectivity index (χ1) is 9.06. The number of rotatable bonds is 4. The quantitative estimate of drug-likeness (QED) is 0.745. The SMILES string of the molecule is O=C(NCCc1ccc(Cl)s1)c1cc(Br)ccc1Br. The molecule has 6 heteroatoms. The van der Waals surface area contributed by atoms with Crippen molar-refractivity contribution in [2.45, 2.75) is 6.42 Å². The van der Waals surface area contributed by atoms with Crippen LogP contribution in [0.1, 0.15) is 15.2 Å². The summed E-state index contributed by atoms with van der Waals surface area (Å²) in [7, 11) is 0. The molecule has 0 fully saturated rings. The number of thiophene rings is 1. The third-order valence-corrected chi connectivity index (χ3v) is 4.93. The van der Waals surface area contributed by atoms with Crippen molar-refractivity contribution in [2.75, 3.05) is 6.54 Å². The van der Waals surface area contributed by atoms with Gasteiger partial charge in [0.05, 0.1) is 9.90 Å². The summed E-state index contributed by atoms with van der Waals surface area (Å²) in [5, 5.41) is 2.90. The lowest BCUT2D eigenvalue weighted by Gasteiger charge is -2.06. The Morgan fingerprint density at radius 2 is 2.05 bits per heavy atom. The lowest BCUT2D eigenvalue weighted by molar-refractivity contribution is 0.0953. The van der Waals surface area contributed by atoms with Gasteiger partial charge in [-0.05, 0) is 52.7 Å². The predicted molar refractivity (Wildman–Crippen MR) is 87.2 cm³/mol. The van der Waals surface area contributed by atoms with Crippen molar-refractivity contribution in [3.8, 4) is 0 Å². The molecule has 2 rings (SSSR count). The van der Waals surface area contributed by atoms with Crippen LogP contribution in [-0.2, 0) is 6.42 Å². The molecule has 19 heavy (non-hydrogen) atoms. The van der Waals surface area contributed by atoms with Crippen LogP contribution >= 0.6 is 54.8 Å². The van der Waals surface area contributed by atoms with E-state index in [1.165, 1.54) is 16.2 Å². The van der Waals surface area contributed by atoms with Gasteiger partial charge in [0.2, 0.25) is 0 Å². The van der Waals surface area contributed by atoms with Crippen molar-refractivity contribution >= 4 is 60.7 Å². The van der Waals surface area contributed by atoms with Crippen LogP contribution in [0, 0.1) is 0 Å². The van der Waals surface area contributed by atoms with Crippen LogP contribution < -0.4 is 5.32 Å². The second-order valence-corrected chi connectivity index (χ2v) is 7.41. The molecule has 1 aromatic carbocycles. The molecule has 2 aromatic rings. The van der Waals surface area contributed by atoms with Crippen LogP contribution in [0.15, 0.2) is 39.3 Å². The minimum atomic E-state index is -0.0872. The van der Waals surface area contributed by atoms with Crippen LogP contribution in [0.2, 0.25) is 4.34 Å². The van der Waals surface area contributed by atoms with Crippen LogP contribution in [0.5, 0.6) is 0 Å². The minimum absolute atomic E-state index is 0.0872. The summed E-state index contributed by atoms with van der Waals surface area (Å²) >= 11 is 14.1. The Kier molecular flexibility index (Phi) is 5.45. The zero-order valence-corrected chi connectivity index (χ0v) is 14.5. The highest BCUT2D eigenvalue weighted by Gasteiger charge is 2.10. The average molecular weight is 424 g/mol. The van der Waals surface area contributed by atoms with Gasteiger partial charge in [-0.3, -0.25) is 4.79 Å². The molecule has 1 heterocycles. The third-order valence-electron chi connectivity index (χ3n) is 2.46. The van der Waals surface area contributed by atoms with E-state index in [0.717, 1.165) is 19.7 Å². The van der Waals surface area contributed by atoms with Gasteiger partial charge < -0.3 is 5.32 Å². The Bertz CT molecular complexity index is 600. The van der Waals surface area contributed by atoms with E-state index in [2.05, 4.69) is 37.2 Å². The number of halogens is 3. The maximum atomic E-state index is 12.0. The molecule has 0 saturated carbocycles. The first-order valence-electron chi connectivity index (χ1n) is 5.54. The highest BCUT2D eigenvalue weighted by Crippen LogP contribution is 2.22. The predicted octanol–water partition coefficient (Wildman–Crippen LogP) is 4.90. The Labute approximate surface area is 137 Å². The lowest BCUT2D eigenvalue weighted by Crippen LogP contribution is -2.25. The topological polar surface area (TPSA) is 29.1 Å². The summed E-state index contributed by atoms with van der Waals surface area (Å²) in [4.78, 5) is 13.2. The summed E-state index contributed by atoms with van der Waals surface area (Å²) in [6.45, 7) is 0.592. The van der Waals surface area contributed by atoms with Gasteiger partial charge >= 0.3 is 0 Å². The number of carbonyl (C=O) groups is 1.